The van der Waals surface area contributed by atoms with Gasteiger partial charge >= 0.3 is 17.6 Å². The van der Waals surface area contributed by atoms with Crippen LogP contribution in [0.2, 0.25) is 0 Å². The zero-order chi connectivity index (χ0) is 27.3. The number of amides is 2. The van der Waals surface area contributed by atoms with Gasteiger partial charge in [-0.05, 0) is 105 Å². The first kappa shape index (κ1) is 27.2. The van der Waals surface area contributed by atoms with Crippen molar-refractivity contribution < 1.29 is 24.2 Å². The van der Waals surface area contributed by atoms with Gasteiger partial charge in [0.2, 0.25) is 0 Å². The van der Waals surface area contributed by atoms with Gasteiger partial charge in [-0.15, -0.1) is 0 Å². The second kappa shape index (κ2) is 10.00. The molecule has 8 heteroatoms. The Bertz CT molecular complexity index is 1100. The van der Waals surface area contributed by atoms with E-state index >= 15 is 0 Å². The fourth-order valence-corrected chi connectivity index (χ4v) is 9.38. The highest BCUT2D eigenvalue weighted by atomic mass is 16.4. The molecule has 8 atom stereocenters. The Morgan fingerprint density at radius 3 is 2.58 bits per heavy atom. The zero-order valence-corrected chi connectivity index (χ0v) is 23.1. The molecular weight excluding hydrogens is 484 g/mol. The largest absolute Gasteiger partial charge is 0.481 e. The first-order valence-electron chi connectivity index (χ1n) is 14.5. The average Bonchev–Trinajstić information content (AvgIpc) is 3.17. The number of carbonyl (C=O) groups is 2. The van der Waals surface area contributed by atoms with Crippen molar-refractivity contribution in [1.29, 1.82) is 0 Å². The van der Waals surface area contributed by atoms with Crippen LogP contribution in [-0.2, 0) is 4.79 Å². The third-order valence-electron chi connectivity index (χ3n) is 11.7. The average molecular weight is 529 g/mol. The highest BCUT2D eigenvalue weighted by Crippen LogP contribution is 2.70. The summed E-state index contributed by atoms with van der Waals surface area (Å²) < 4.78 is 5.21. The highest BCUT2D eigenvalue weighted by molar-refractivity contribution is 5.74. The van der Waals surface area contributed by atoms with Crippen molar-refractivity contribution in [2.24, 2.45) is 28.6 Å². The standard InChI is InChI=1S/C30H44N2O6/c1-28-13-10-21(32(3)27(36)31-16-4-5-25(33)34)17-20(28)7-8-24-23(28)11-14-29(2)22(12-15-30(24,29)37)19-6-9-26(35)38-18-19/h6,9,18,20-24,37H,4-5,7-8,10-17H2,1-3H3,(H,31,36)(H,33,34)/t20-,21+,22-,23+,24-,28+,29-,30+/m1/s1. The van der Waals surface area contributed by atoms with Gasteiger partial charge in [0.25, 0.3) is 0 Å². The molecule has 0 spiro atoms. The maximum atomic E-state index is 12.7. The van der Waals surface area contributed by atoms with Crippen molar-refractivity contribution in [2.75, 3.05) is 13.6 Å². The normalized spacial score (nSPS) is 39.9. The SMILES string of the molecule is CN(C(=O)NCCCC(=O)O)[C@H]1CC[C@@]2(C)[C@H](CC[C@@H]3[C@@H]2CC[C@]2(C)[C@@H](c4ccc(=O)oc4)CC[C@]32O)C1. The number of hydrogen-bond donors (Lipinski definition) is 3. The van der Waals surface area contributed by atoms with Crippen LogP contribution in [-0.4, -0.2) is 52.3 Å². The van der Waals surface area contributed by atoms with Gasteiger partial charge in [0.1, 0.15) is 0 Å². The molecule has 4 fully saturated rings. The number of rotatable bonds is 6. The topological polar surface area (TPSA) is 120 Å². The van der Waals surface area contributed by atoms with E-state index in [1.54, 1.807) is 6.26 Å². The first-order valence-corrected chi connectivity index (χ1v) is 14.5. The van der Waals surface area contributed by atoms with Crippen LogP contribution in [0, 0.1) is 28.6 Å². The number of fused-ring (bicyclic) bond motifs is 5. The Balaban J connectivity index is 1.26. The maximum absolute atomic E-state index is 12.7. The molecule has 2 amide bonds. The minimum Gasteiger partial charge on any atom is -0.481 e. The minimum absolute atomic E-state index is 0.0598. The summed E-state index contributed by atoms with van der Waals surface area (Å²) in [7, 11) is 1.87. The van der Waals surface area contributed by atoms with Crippen molar-refractivity contribution >= 4 is 12.0 Å². The van der Waals surface area contributed by atoms with Crippen molar-refractivity contribution in [3.8, 4) is 0 Å². The Morgan fingerprint density at radius 1 is 1.08 bits per heavy atom. The predicted molar refractivity (Wildman–Crippen MR) is 143 cm³/mol. The quantitative estimate of drug-likeness (QED) is 0.458. The van der Waals surface area contributed by atoms with Gasteiger partial charge < -0.3 is 24.8 Å². The Labute approximate surface area is 225 Å². The number of aliphatic hydroxyl groups is 1. The molecule has 8 nitrogen and oxygen atoms in total. The van der Waals surface area contributed by atoms with Crippen LogP contribution < -0.4 is 10.9 Å². The summed E-state index contributed by atoms with van der Waals surface area (Å²) in [5.41, 5.74) is -0.0840. The third kappa shape index (κ3) is 4.37. The molecule has 1 aromatic heterocycles. The molecule has 0 aliphatic heterocycles. The first-order chi connectivity index (χ1) is 18.0. The van der Waals surface area contributed by atoms with Crippen LogP contribution in [0.3, 0.4) is 0 Å². The Morgan fingerprint density at radius 2 is 1.87 bits per heavy atom. The Hall–Kier alpha value is -2.35. The smallest absolute Gasteiger partial charge is 0.335 e. The molecule has 0 aromatic carbocycles. The number of nitrogens with one attached hydrogen (secondary N) is 1. The molecule has 210 valence electrons. The molecule has 0 radical (unpaired) electrons. The summed E-state index contributed by atoms with van der Waals surface area (Å²) in [4.78, 5) is 36.8. The van der Waals surface area contributed by atoms with Crippen LogP contribution in [0.4, 0.5) is 4.79 Å². The van der Waals surface area contributed by atoms with E-state index in [2.05, 4.69) is 19.2 Å². The number of carboxylic acids is 1. The molecule has 38 heavy (non-hydrogen) atoms. The summed E-state index contributed by atoms with van der Waals surface area (Å²) in [6, 6.07) is 3.45. The molecule has 4 aliphatic carbocycles. The van der Waals surface area contributed by atoms with E-state index in [9.17, 15) is 19.5 Å². The predicted octanol–water partition coefficient (Wildman–Crippen LogP) is 4.76. The summed E-state index contributed by atoms with van der Waals surface area (Å²) in [5, 5.41) is 24.1. The maximum Gasteiger partial charge on any atom is 0.335 e. The Kier molecular flexibility index (Phi) is 7.16. The van der Waals surface area contributed by atoms with E-state index in [4.69, 9.17) is 9.52 Å². The fraction of sp³-hybridized carbons (Fsp3) is 0.767. The lowest BCUT2D eigenvalue weighted by atomic mass is 9.43. The molecule has 1 aromatic rings. The summed E-state index contributed by atoms with van der Waals surface area (Å²) in [5.74, 6) is 0.627. The molecule has 1 heterocycles. The summed E-state index contributed by atoms with van der Waals surface area (Å²) >= 11 is 0. The van der Waals surface area contributed by atoms with E-state index in [0.29, 0.717) is 24.8 Å². The van der Waals surface area contributed by atoms with Crippen molar-refractivity contribution in [2.45, 2.75) is 102 Å². The summed E-state index contributed by atoms with van der Waals surface area (Å²) in [6.07, 6.45) is 11.0. The lowest BCUT2D eigenvalue weighted by Crippen LogP contribution is -2.62. The zero-order valence-electron chi connectivity index (χ0n) is 23.1. The molecule has 0 saturated heterocycles. The second-order valence-corrected chi connectivity index (χ2v) is 13.1. The monoisotopic (exact) mass is 528 g/mol. The lowest BCUT2D eigenvalue weighted by Gasteiger charge is -2.64. The lowest BCUT2D eigenvalue weighted by molar-refractivity contribution is -0.203. The van der Waals surface area contributed by atoms with Crippen molar-refractivity contribution in [3.63, 3.8) is 0 Å². The van der Waals surface area contributed by atoms with Crippen LogP contribution in [0.25, 0.3) is 0 Å². The molecule has 4 saturated carbocycles. The van der Waals surface area contributed by atoms with Gasteiger partial charge in [-0.2, -0.15) is 0 Å². The van der Waals surface area contributed by atoms with E-state index in [-0.39, 0.29) is 46.8 Å². The van der Waals surface area contributed by atoms with Crippen LogP contribution in [0.15, 0.2) is 27.6 Å². The van der Waals surface area contributed by atoms with Crippen LogP contribution in [0.1, 0.15) is 96.0 Å². The molecule has 4 aliphatic rings. The fourth-order valence-electron chi connectivity index (χ4n) is 9.38. The van der Waals surface area contributed by atoms with Crippen molar-refractivity contribution in [3.05, 3.63) is 34.4 Å². The number of urea groups is 1. The number of carbonyl (C=O) groups excluding carboxylic acids is 1. The van der Waals surface area contributed by atoms with Crippen LogP contribution in [0.5, 0.6) is 0 Å². The van der Waals surface area contributed by atoms with E-state index < -0.39 is 11.6 Å². The van der Waals surface area contributed by atoms with Gasteiger partial charge in [0.05, 0.1) is 11.9 Å². The second-order valence-electron chi connectivity index (χ2n) is 13.1. The minimum atomic E-state index is -0.844. The number of hydrogen-bond acceptors (Lipinski definition) is 5. The number of carboxylic acid groups (broad SMARTS) is 1. The molecule has 5 rings (SSSR count). The number of nitrogens with zero attached hydrogens (tertiary/aromatic N) is 1. The van der Waals surface area contributed by atoms with E-state index in [0.717, 1.165) is 63.4 Å². The van der Waals surface area contributed by atoms with E-state index in [1.165, 1.54) is 6.07 Å². The molecular formula is C30H44N2O6. The van der Waals surface area contributed by atoms with E-state index in [1.807, 2.05) is 18.0 Å². The third-order valence-corrected chi connectivity index (χ3v) is 11.7. The van der Waals surface area contributed by atoms with Gasteiger partial charge in [-0.1, -0.05) is 13.8 Å². The van der Waals surface area contributed by atoms with Crippen molar-refractivity contribution in [1.82, 2.24) is 10.2 Å². The van der Waals surface area contributed by atoms with Crippen LogP contribution >= 0.6 is 0 Å². The molecule has 3 N–H and O–H groups in total. The van der Waals surface area contributed by atoms with Gasteiger partial charge in [-0.3, -0.25) is 4.79 Å². The summed E-state index contributed by atoms with van der Waals surface area (Å²) in [6.45, 7) is 5.09. The van der Waals surface area contributed by atoms with Gasteiger partial charge in [0, 0.05) is 37.5 Å². The molecule has 0 unspecified atom stereocenters. The molecule has 0 bridgehead atoms. The van der Waals surface area contributed by atoms with Gasteiger partial charge in [-0.25, -0.2) is 9.59 Å². The highest BCUT2D eigenvalue weighted by Gasteiger charge is 2.67. The van der Waals surface area contributed by atoms with Gasteiger partial charge in [0.15, 0.2) is 0 Å². The number of aliphatic carboxylic acids is 1.